The molecule has 1 heterocycles. The van der Waals surface area contributed by atoms with Gasteiger partial charge in [0.05, 0.1) is 0 Å². The number of carbonyl (C=O) groups excluding carboxylic acids is 1. The molecule has 0 atom stereocenters. The maximum Gasteiger partial charge on any atom is 0.253 e. The van der Waals surface area contributed by atoms with E-state index in [1.165, 1.54) is 0 Å². The molecule has 0 saturated carbocycles. The second-order valence-electron chi connectivity index (χ2n) is 8.87. The molecular formula is C28H32Cl2N6O. The number of likely N-dealkylation sites (N-methyl/N-ethyl adjacent to an activating group) is 1. The molecule has 0 spiro atoms. The molecule has 194 valence electrons. The van der Waals surface area contributed by atoms with Gasteiger partial charge in [0.1, 0.15) is 18.0 Å². The molecule has 0 unspecified atom stereocenters. The third-order valence-corrected chi connectivity index (χ3v) is 6.68. The van der Waals surface area contributed by atoms with Crippen LogP contribution >= 0.6 is 23.2 Å². The smallest absolute Gasteiger partial charge is 0.253 e. The van der Waals surface area contributed by atoms with Crippen LogP contribution in [-0.4, -0.2) is 59.9 Å². The molecule has 1 fully saturated rings. The van der Waals surface area contributed by atoms with Crippen LogP contribution in [0.15, 0.2) is 53.9 Å². The van der Waals surface area contributed by atoms with E-state index in [0.717, 1.165) is 30.6 Å². The molecular weight excluding hydrogens is 507 g/mol. The Morgan fingerprint density at radius 1 is 1.00 bits per heavy atom. The summed E-state index contributed by atoms with van der Waals surface area (Å²) >= 11 is 12.3. The molecule has 1 amide bonds. The van der Waals surface area contributed by atoms with Crippen LogP contribution in [0, 0.1) is 22.7 Å². The molecule has 2 aromatic rings. The van der Waals surface area contributed by atoms with E-state index >= 15 is 0 Å². The van der Waals surface area contributed by atoms with E-state index in [2.05, 4.69) is 12.2 Å². The first kappa shape index (κ1) is 28.3. The van der Waals surface area contributed by atoms with Gasteiger partial charge in [-0.25, -0.2) is 0 Å². The van der Waals surface area contributed by atoms with Gasteiger partial charge >= 0.3 is 0 Å². The molecule has 7 nitrogen and oxygen atoms in total. The molecule has 1 aliphatic heterocycles. The lowest BCUT2D eigenvalue weighted by molar-refractivity contribution is 0.0752. The van der Waals surface area contributed by atoms with Gasteiger partial charge in [-0.15, -0.1) is 0 Å². The van der Waals surface area contributed by atoms with Crippen LogP contribution in [0.5, 0.6) is 0 Å². The standard InChI is InChI=1S/C28H32Cl2N6O/c1-3-9-33-19-21-5-7-23(8-6-21)28(37)34(4-2)10-11-35-12-13-36(27(35)24(17-31)18-32)20-22-14-25(29)16-26(30)15-22/h5-8,14-16,33H,3-4,9-13,19-20H2,1-2H3. The maximum atomic E-state index is 13.2. The number of amides is 1. The van der Waals surface area contributed by atoms with Crippen molar-refractivity contribution in [2.24, 2.45) is 0 Å². The van der Waals surface area contributed by atoms with Gasteiger partial charge in [0.15, 0.2) is 5.57 Å². The fraction of sp³-hybridized carbons (Fsp3) is 0.393. The monoisotopic (exact) mass is 538 g/mol. The van der Waals surface area contributed by atoms with Gasteiger partial charge in [-0.3, -0.25) is 4.79 Å². The van der Waals surface area contributed by atoms with Gasteiger partial charge in [-0.2, -0.15) is 10.5 Å². The van der Waals surface area contributed by atoms with Gasteiger partial charge < -0.3 is 20.0 Å². The fourth-order valence-electron chi connectivity index (χ4n) is 4.39. The zero-order valence-corrected chi connectivity index (χ0v) is 22.8. The minimum Gasteiger partial charge on any atom is -0.353 e. The van der Waals surface area contributed by atoms with Crippen molar-refractivity contribution in [3.8, 4) is 12.1 Å². The number of nitrogens with one attached hydrogen (secondary N) is 1. The summed E-state index contributed by atoms with van der Waals surface area (Å²) in [5, 5.41) is 23.7. The van der Waals surface area contributed by atoms with Crippen molar-refractivity contribution in [2.45, 2.75) is 33.4 Å². The van der Waals surface area contributed by atoms with Gasteiger partial charge in [0.2, 0.25) is 0 Å². The van der Waals surface area contributed by atoms with Crippen molar-refractivity contribution < 1.29 is 4.79 Å². The third kappa shape index (κ3) is 7.63. The second-order valence-corrected chi connectivity index (χ2v) is 9.74. The van der Waals surface area contributed by atoms with Gasteiger partial charge in [-0.1, -0.05) is 42.3 Å². The van der Waals surface area contributed by atoms with Gasteiger partial charge in [0.25, 0.3) is 5.91 Å². The predicted molar refractivity (Wildman–Crippen MR) is 147 cm³/mol. The summed E-state index contributed by atoms with van der Waals surface area (Å²) in [5.74, 6) is 0.542. The van der Waals surface area contributed by atoms with Crippen molar-refractivity contribution in [1.29, 1.82) is 10.5 Å². The van der Waals surface area contributed by atoms with Crippen LogP contribution in [0.25, 0.3) is 0 Å². The van der Waals surface area contributed by atoms with Crippen molar-refractivity contribution in [3.63, 3.8) is 0 Å². The largest absolute Gasteiger partial charge is 0.353 e. The Bertz CT molecular complexity index is 1160. The highest BCUT2D eigenvalue weighted by atomic mass is 35.5. The highest BCUT2D eigenvalue weighted by Gasteiger charge is 2.29. The quantitative estimate of drug-likeness (QED) is 0.319. The van der Waals surface area contributed by atoms with E-state index in [1.54, 1.807) is 11.0 Å². The summed E-state index contributed by atoms with van der Waals surface area (Å²) in [7, 11) is 0. The summed E-state index contributed by atoms with van der Waals surface area (Å²) < 4.78 is 0. The van der Waals surface area contributed by atoms with Crippen LogP contribution < -0.4 is 5.32 Å². The molecule has 0 bridgehead atoms. The highest BCUT2D eigenvalue weighted by molar-refractivity contribution is 6.34. The summed E-state index contributed by atoms with van der Waals surface area (Å²) in [6.07, 6.45) is 1.08. The first-order valence-electron chi connectivity index (χ1n) is 12.5. The minimum atomic E-state index is -0.0356. The Kier molecular flexibility index (Phi) is 10.7. The van der Waals surface area contributed by atoms with E-state index in [1.807, 2.05) is 65.3 Å². The van der Waals surface area contributed by atoms with E-state index in [0.29, 0.717) is 60.7 Å². The zero-order chi connectivity index (χ0) is 26.8. The number of allylic oxidation sites excluding steroid dienone is 1. The van der Waals surface area contributed by atoms with Crippen molar-refractivity contribution in [1.82, 2.24) is 20.0 Å². The fourth-order valence-corrected chi connectivity index (χ4v) is 4.96. The Labute approximate surface area is 229 Å². The predicted octanol–water partition coefficient (Wildman–Crippen LogP) is 5.03. The average molecular weight is 540 g/mol. The normalized spacial score (nSPS) is 12.9. The van der Waals surface area contributed by atoms with E-state index < -0.39 is 0 Å². The molecule has 0 aliphatic carbocycles. The molecule has 3 rings (SSSR count). The molecule has 37 heavy (non-hydrogen) atoms. The topological polar surface area (TPSA) is 86.4 Å². The van der Waals surface area contributed by atoms with Crippen LogP contribution in [0.4, 0.5) is 0 Å². The summed E-state index contributed by atoms with van der Waals surface area (Å²) in [5.41, 5.74) is 2.73. The zero-order valence-electron chi connectivity index (χ0n) is 21.3. The second kappa shape index (κ2) is 13.9. The van der Waals surface area contributed by atoms with Gasteiger partial charge in [0, 0.05) is 61.4 Å². The van der Waals surface area contributed by atoms with E-state index in [4.69, 9.17) is 23.2 Å². The molecule has 9 heteroatoms. The van der Waals surface area contributed by atoms with Gasteiger partial charge in [-0.05, 0) is 61.3 Å². The number of halogens is 2. The first-order valence-corrected chi connectivity index (χ1v) is 13.2. The Hall–Kier alpha value is -3.23. The Morgan fingerprint density at radius 2 is 1.65 bits per heavy atom. The summed E-state index contributed by atoms with van der Waals surface area (Å²) in [6, 6.07) is 17.1. The number of hydrogen-bond donors (Lipinski definition) is 1. The number of nitriles is 2. The van der Waals surface area contributed by atoms with Crippen LogP contribution in [0.2, 0.25) is 10.0 Å². The lowest BCUT2D eigenvalue weighted by atomic mass is 10.1. The summed E-state index contributed by atoms with van der Waals surface area (Å²) in [4.78, 5) is 19.0. The molecule has 0 radical (unpaired) electrons. The van der Waals surface area contributed by atoms with Crippen LogP contribution in [0.1, 0.15) is 41.8 Å². The molecule has 2 aromatic carbocycles. The lowest BCUT2D eigenvalue weighted by Gasteiger charge is -2.28. The molecule has 1 N–H and O–H groups in total. The van der Waals surface area contributed by atoms with Crippen molar-refractivity contribution in [3.05, 3.63) is 80.6 Å². The maximum absolute atomic E-state index is 13.2. The number of hydrogen-bond acceptors (Lipinski definition) is 6. The SMILES string of the molecule is CCCNCc1ccc(C(=O)N(CC)CCN2CCN(Cc3cc(Cl)cc(Cl)c3)C2=C(C#N)C#N)cc1. The van der Waals surface area contributed by atoms with Crippen LogP contribution in [-0.2, 0) is 13.1 Å². The Morgan fingerprint density at radius 3 is 2.24 bits per heavy atom. The van der Waals surface area contributed by atoms with Crippen LogP contribution in [0.3, 0.4) is 0 Å². The number of rotatable bonds is 11. The molecule has 1 aliphatic rings. The first-order chi connectivity index (χ1) is 17.9. The van der Waals surface area contributed by atoms with Crippen molar-refractivity contribution >= 4 is 29.1 Å². The number of nitrogens with zero attached hydrogens (tertiary/aromatic N) is 5. The molecule has 0 aromatic heterocycles. The van der Waals surface area contributed by atoms with E-state index in [9.17, 15) is 15.3 Å². The van der Waals surface area contributed by atoms with Crippen molar-refractivity contribution in [2.75, 3.05) is 39.3 Å². The Balaban J connectivity index is 1.69. The minimum absolute atomic E-state index is 0.0356. The summed E-state index contributed by atoms with van der Waals surface area (Å²) in [6.45, 7) is 9.10. The third-order valence-electron chi connectivity index (χ3n) is 6.25. The molecule has 1 saturated heterocycles. The van der Waals surface area contributed by atoms with E-state index in [-0.39, 0.29) is 11.5 Å². The lowest BCUT2D eigenvalue weighted by Crippen LogP contribution is -2.38. The highest BCUT2D eigenvalue weighted by Crippen LogP contribution is 2.27. The number of benzene rings is 2. The number of carbonyl (C=O) groups is 1. The average Bonchev–Trinajstić information content (AvgIpc) is 3.27.